The first kappa shape index (κ1) is 10.2. The van der Waals surface area contributed by atoms with Crippen molar-refractivity contribution in [3.8, 4) is 0 Å². The lowest BCUT2D eigenvalue weighted by Crippen LogP contribution is -2.34. The number of rotatable bonds is 2. The third-order valence-corrected chi connectivity index (χ3v) is 3.73. The van der Waals surface area contributed by atoms with Gasteiger partial charge >= 0.3 is 0 Å². The van der Waals surface area contributed by atoms with Gasteiger partial charge in [0.05, 0.1) is 0 Å². The zero-order valence-electron chi connectivity index (χ0n) is 8.46. The molecule has 1 aromatic rings. The maximum absolute atomic E-state index is 5.92. The summed E-state index contributed by atoms with van der Waals surface area (Å²) < 4.78 is 2.87. The molecule has 0 atom stereocenters. The number of aryl methyl sites for hydroxylation is 1. The standard InChI is InChI=1S/C10H16BrN3/c1-14-8(6-9(11)13-14)10(7-12)4-2-3-5-10/h6H,2-5,7,12H2,1H3. The van der Waals surface area contributed by atoms with Crippen LogP contribution in [0.25, 0.3) is 0 Å². The molecule has 1 aromatic heterocycles. The Bertz CT molecular complexity index is 326. The third-order valence-electron chi connectivity index (χ3n) is 3.34. The third kappa shape index (κ3) is 1.50. The first-order valence-electron chi connectivity index (χ1n) is 5.08. The summed E-state index contributed by atoms with van der Waals surface area (Å²) in [6.45, 7) is 0.735. The fraction of sp³-hybridized carbons (Fsp3) is 0.700. The molecule has 1 saturated carbocycles. The van der Waals surface area contributed by atoms with Gasteiger partial charge in [-0.2, -0.15) is 5.10 Å². The van der Waals surface area contributed by atoms with Crippen LogP contribution in [0.2, 0.25) is 0 Å². The molecule has 3 nitrogen and oxygen atoms in total. The Hall–Kier alpha value is -0.350. The molecule has 2 N–H and O–H groups in total. The van der Waals surface area contributed by atoms with Crippen molar-refractivity contribution in [2.75, 3.05) is 6.54 Å². The SMILES string of the molecule is Cn1nc(Br)cc1C1(CN)CCCC1. The maximum Gasteiger partial charge on any atom is 0.128 e. The van der Waals surface area contributed by atoms with Gasteiger partial charge in [0.15, 0.2) is 0 Å². The minimum absolute atomic E-state index is 0.188. The molecule has 0 bridgehead atoms. The lowest BCUT2D eigenvalue weighted by atomic mass is 9.83. The number of hydrogen-bond acceptors (Lipinski definition) is 2. The van der Waals surface area contributed by atoms with E-state index in [4.69, 9.17) is 5.73 Å². The fourth-order valence-electron chi connectivity index (χ4n) is 2.55. The highest BCUT2D eigenvalue weighted by Crippen LogP contribution is 2.40. The second kappa shape index (κ2) is 3.66. The van der Waals surface area contributed by atoms with Crippen LogP contribution in [-0.4, -0.2) is 16.3 Å². The second-order valence-corrected chi connectivity index (χ2v) is 4.98. The summed E-state index contributed by atoms with van der Waals surface area (Å²) >= 11 is 3.41. The Morgan fingerprint density at radius 2 is 2.21 bits per heavy atom. The first-order chi connectivity index (χ1) is 6.68. The smallest absolute Gasteiger partial charge is 0.128 e. The van der Waals surface area contributed by atoms with Crippen molar-refractivity contribution in [2.24, 2.45) is 12.8 Å². The van der Waals surface area contributed by atoms with E-state index in [0.29, 0.717) is 0 Å². The van der Waals surface area contributed by atoms with Gasteiger partial charge < -0.3 is 5.73 Å². The predicted molar refractivity (Wildman–Crippen MR) is 60.1 cm³/mol. The molecule has 78 valence electrons. The number of nitrogens with two attached hydrogens (primary N) is 1. The lowest BCUT2D eigenvalue weighted by Gasteiger charge is -2.27. The predicted octanol–water partition coefficient (Wildman–Crippen LogP) is 1.95. The Morgan fingerprint density at radius 1 is 1.57 bits per heavy atom. The van der Waals surface area contributed by atoms with Crippen molar-refractivity contribution in [1.29, 1.82) is 0 Å². The average molecular weight is 258 g/mol. The Labute approximate surface area is 92.8 Å². The van der Waals surface area contributed by atoms with E-state index in [9.17, 15) is 0 Å². The van der Waals surface area contributed by atoms with Gasteiger partial charge in [-0.3, -0.25) is 4.68 Å². The second-order valence-electron chi connectivity index (χ2n) is 4.17. The molecule has 0 amide bonds. The van der Waals surface area contributed by atoms with E-state index in [2.05, 4.69) is 27.1 Å². The van der Waals surface area contributed by atoms with Gasteiger partial charge in [-0.15, -0.1) is 0 Å². The van der Waals surface area contributed by atoms with Crippen LogP contribution < -0.4 is 5.73 Å². The number of nitrogens with zero attached hydrogens (tertiary/aromatic N) is 2. The number of hydrogen-bond donors (Lipinski definition) is 1. The van der Waals surface area contributed by atoms with Crippen LogP contribution in [0.3, 0.4) is 0 Å². The summed E-state index contributed by atoms with van der Waals surface area (Å²) in [6.07, 6.45) is 4.99. The minimum atomic E-state index is 0.188. The van der Waals surface area contributed by atoms with E-state index in [1.807, 2.05) is 11.7 Å². The molecule has 1 fully saturated rings. The molecule has 14 heavy (non-hydrogen) atoms. The molecule has 0 saturated heterocycles. The summed E-state index contributed by atoms with van der Waals surface area (Å²) in [5.74, 6) is 0. The molecule has 2 rings (SSSR count). The highest BCUT2D eigenvalue weighted by molar-refractivity contribution is 9.10. The van der Waals surface area contributed by atoms with Gasteiger partial charge in [-0.25, -0.2) is 0 Å². The highest BCUT2D eigenvalue weighted by atomic mass is 79.9. The molecule has 0 aromatic carbocycles. The van der Waals surface area contributed by atoms with Gasteiger partial charge in [0.1, 0.15) is 4.60 Å². The summed E-state index contributed by atoms with van der Waals surface area (Å²) in [6, 6.07) is 2.11. The zero-order chi connectivity index (χ0) is 10.2. The summed E-state index contributed by atoms with van der Waals surface area (Å²) in [7, 11) is 2.00. The summed E-state index contributed by atoms with van der Waals surface area (Å²) in [5.41, 5.74) is 7.39. The van der Waals surface area contributed by atoms with Crippen LogP contribution >= 0.6 is 15.9 Å². The Balaban J connectivity index is 2.40. The number of halogens is 1. The highest BCUT2D eigenvalue weighted by Gasteiger charge is 2.36. The molecule has 0 radical (unpaired) electrons. The molecule has 0 spiro atoms. The molecular formula is C10H16BrN3. The summed E-state index contributed by atoms with van der Waals surface area (Å²) in [4.78, 5) is 0. The topological polar surface area (TPSA) is 43.8 Å². The van der Waals surface area contributed by atoms with Gasteiger partial charge in [0.2, 0.25) is 0 Å². The zero-order valence-corrected chi connectivity index (χ0v) is 10.0. The van der Waals surface area contributed by atoms with E-state index in [1.165, 1.54) is 31.4 Å². The van der Waals surface area contributed by atoms with Crippen molar-refractivity contribution in [3.63, 3.8) is 0 Å². The van der Waals surface area contributed by atoms with Gasteiger partial charge in [0, 0.05) is 24.7 Å². The average Bonchev–Trinajstić information content (AvgIpc) is 2.73. The van der Waals surface area contributed by atoms with Crippen LogP contribution in [0.4, 0.5) is 0 Å². The Morgan fingerprint density at radius 3 is 2.64 bits per heavy atom. The summed E-state index contributed by atoms with van der Waals surface area (Å²) in [5, 5.41) is 4.33. The molecule has 0 unspecified atom stereocenters. The maximum atomic E-state index is 5.92. The van der Waals surface area contributed by atoms with Crippen molar-refractivity contribution in [2.45, 2.75) is 31.1 Å². The van der Waals surface area contributed by atoms with Crippen molar-refractivity contribution in [3.05, 3.63) is 16.4 Å². The van der Waals surface area contributed by atoms with Crippen LogP contribution in [0, 0.1) is 0 Å². The fourth-order valence-corrected chi connectivity index (χ4v) is 3.00. The molecular weight excluding hydrogens is 242 g/mol. The van der Waals surface area contributed by atoms with E-state index >= 15 is 0 Å². The van der Waals surface area contributed by atoms with Crippen molar-refractivity contribution in [1.82, 2.24) is 9.78 Å². The normalized spacial score (nSPS) is 20.2. The molecule has 1 aliphatic carbocycles. The molecule has 0 aliphatic heterocycles. The van der Waals surface area contributed by atoms with E-state index in [-0.39, 0.29) is 5.41 Å². The van der Waals surface area contributed by atoms with E-state index in [0.717, 1.165) is 11.1 Å². The number of aromatic nitrogens is 2. The van der Waals surface area contributed by atoms with E-state index in [1.54, 1.807) is 0 Å². The van der Waals surface area contributed by atoms with E-state index < -0.39 is 0 Å². The van der Waals surface area contributed by atoms with Crippen LogP contribution in [0.1, 0.15) is 31.4 Å². The Kier molecular flexibility index (Phi) is 2.66. The molecule has 1 aliphatic rings. The van der Waals surface area contributed by atoms with Gasteiger partial charge in [-0.1, -0.05) is 12.8 Å². The van der Waals surface area contributed by atoms with Crippen molar-refractivity contribution >= 4 is 15.9 Å². The molecule has 1 heterocycles. The largest absolute Gasteiger partial charge is 0.330 e. The van der Waals surface area contributed by atoms with Gasteiger partial charge in [0.25, 0.3) is 0 Å². The van der Waals surface area contributed by atoms with Crippen molar-refractivity contribution < 1.29 is 0 Å². The van der Waals surface area contributed by atoms with Crippen LogP contribution in [-0.2, 0) is 12.5 Å². The first-order valence-corrected chi connectivity index (χ1v) is 5.87. The molecule has 4 heteroatoms. The van der Waals surface area contributed by atoms with Crippen LogP contribution in [0.15, 0.2) is 10.7 Å². The van der Waals surface area contributed by atoms with Gasteiger partial charge in [-0.05, 0) is 34.8 Å². The minimum Gasteiger partial charge on any atom is -0.330 e. The quantitative estimate of drug-likeness (QED) is 0.881. The van der Waals surface area contributed by atoms with Crippen LogP contribution in [0.5, 0.6) is 0 Å². The lowest BCUT2D eigenvalue weighted by molar-refractivity contribution is 0.417. The monoisotopic (exact) mass is 257 g/mol.